The van der Waals surface area contributed by atoms with E-state index in [1.807, 2.05) is 0 Å². The Kier molecular flexibility index (Phi) is 4.84. The number of nitro groups is 1. The van der Waals surface area contributed by atoms with Crippen molar-refractivity contribution in [2.24, 2.45) is 0 Å². The highest BCUT2D eigenvalue weighted by Crippen LogP contribution is 2.28. The number of halogens is 1. The fraction of sp³-hybridized carbons (Fsp3) is 0.238. The first-order valence-electron chi connectivity index (χ1n) is 9.37. The number of nitro benzene ring substituents is 1. The fourth-order valence-corrected chi connectivity index (χ4v) is 3.62. The van der Waals surface area contributed by atoms with Crippen molar-refractivity contribution in [3.8, 4) is 5.69 Å². The van der Waals surface area contributed by atoms with Crippen LogP contribution in [0.1, 0.15) is 40.2 Å². The Hall–Kier alpha value is -3.55. The minimum atomic E-state index is -0.500. The van der Waals surface area contributed by atoms with Gasteiger partial charge in [0, 0.05) is 23.4 Å². The Morgan fingerprint density at radius 2 is 1.90 bits per heavy atom. The van der Waals surface area contributed by atoms with Gasteiger partial charge in [0.05, 0.1) is 16.3 Å². The van der Waals surface area contributed by atoms with Crippen molar-refractivity contribution in [3.05, 3.63) is 80.9 Å². The zero-order chi connectivity index (χ0) is 20.5. The average Bonchev–Trinajstić information content (AvgIpc) is 3.10. The maximum absolute atomic E-state index is 13.3. The molecule has 0 aliphatic heterocycles. The third-order valence-corrected chi connectivity index (χ3v) is 5.15. The molecule has 8 heteroatoms. The van der Waals surface area contributed by atoms with Crippen molar-refractivity contribution in [1.82, 2.24) is 9.78 Å². The molecule has 0 atom stereocenters. The predicted octanol–water partition coefficient (Wildman–Crippen LogP) is 4.36. The van der Waals surface area contributed by atoms with E-state index in [-0.39, 0.29) is 11.5 Å². The maximum atomic E-state index is 13.3. The van der Waals surface area contributed by atoms with Gasteiger partial charge in [-0.3, -0.25) is 14.9 Å². The molecule has 1 aliphatic carbocycles. The van der Waals surface area contributed by atoms with E-state index in [4.69, 9.17) is 0 Å². The molecule has 29 heavy (non-hydrogen) atoms. The van der Waals surface area contributed by atoms with Gasteiger partial charge in [-0.15, -0.1) is 0 Å². The molecular formula is C21H19FN4O3. The highest BCUT2D eigenvalue weighted by molar-refractivity contribution is 6.04. The van der Waals surface area contributed by atoms with Gasteiger partial charge in [-0.2, -0.15) is 5.10 Å². The van der Waals surface area contributed by atoms with Crippen LogP contribution in [0.5, 0.6) is 0 Å². The molecule has 0 radical (unpaired) electrons. The highest BCUT2D eigenvalue weighted by atomic mass is 19.1. The van der Waals surface area contributed by atoms with Gasteiger partial charge < -0.3 is 5.32 Å². The van der Waals surface area contributed by atoms with Gasteiger partial charge in [0.15, 0.2) is 5.69 Å². The second-order valence-corrected chi connectivity index (χ2v) is 7.08. The number of aryl methyl sites for hydroxylation is 1. The van der Waals surface area contributed by atoms with Gasteiger partial charge in [-0.05, 0) is 62.4 Å². The van der Waals surface area contributed by atoms with Crippen LogP contribution >= 0.6 is 0 Å². The molecule has 0 fully saturated rings. The van der Waals surface area contributed by atoms with E-state index in [1.54, 1.807) is 29.8 Å². The lowest BCUT2D eigenvalue weighted by molar-refractivity contribution is -0.384. The number of hydrogen-bond donors (Lipinski definition) is 1. The lowest BCUT2D eigenvalue weighted by Gasteiger charge is -2.14. The lowest BCUT2D eigenvalue weighted by Crippen LogP contribution is -2.16. The zero-order valence-electron chi connectivity index (χ0n) is 15.8. The largest absolute Gasteiger partial charge is 0.320 e. The molecule has 0 saturated heterocycles. The van der Waals surface area contributed by atoms with Crippen molar-refractivity contribution in [2.75, 3.05) is 5.32 Å². The third kappa shape index (κ3) is 3.61. The third-order valence-electron chi connectivity index (χ3n) is 5.15. The summed E-state index contributed by atoms with van der Waals surface area (Å²) in [4.78, 5) is 23.5. The molecule has 148 valence electrons. The summed E-state index contributed by atoms with van der Waals surface area (Å²) in [6.07, 6.45) is 3.46. The van der Waals surface area contributed by atoms with Crippen LogP contribution in [0.15, 0.2) is 42.5 Å². The minimum absolute atomic E-state index is 0.0928. The SMILES string of the molecule is Cc1ccc([N+](=O)[O-])cc1NC(=O)c1nn(-c2ccc(F)cc2)c2c1CCCC2. The molecule has 0 spiro atoms. The van der Waals surface area contributed by atoms with Gasteiger partial charge >= 0.3 is 0 Å². The second-order valence-electron chi connectivity index (χ2n) is 7.08. The average molecular weight is 394 g/mol. The van der Waals surface area contributed by atoms with Crippen LogP contribution in [0.3, 0.4) is 0 Å². The maximum Gasteiger partial charge on any atom is 0.276 e. The topological polar surface area (TPSA) is 90.1 Å². The van der Waals surface area contributed by atoms with Crippen molar-refractivity contribution >= 4 is 17.3 Å². The van der Waals surface area contributed by atoms with Crippen molar-refractivity contribution in [3.63, 3.8) is 0 Å². The van der Waals surface area contributed by atoms with Crippen LogP contribution in [0, 0.1) is 22.9 Å². The first-order valence-corrected chi connectivity index (χ1v) is 9.37. The van der Waals surface area contributed by atoms with E-state index in [2.05, 4.69) is 10.4 Å². The summed E-state index contributed by atoms with van der Waals surface area (Å²) in [5.74, 6) is -0.749. The number of carbonyl (C=O) groups excluding carboxylic acids is 1. The Morgan fingerprint density at radius 1 is 1.17 bits per heavy atom. The smallest absolute Gasteiger partial charge is 0.276 e. The number of non-ortho nitro benzene ring substituents is 1. The summed E-state index contributed by atoms with van der Waals surface area (Å²) in [7, 11) is 0. The molecule has 0 unspecified atom stereocenters. The lowest BCUT2D eigenvalue weighted by atomic mass is 9.95. The van der Waals surface area contributed by atoms with Crippen LogP contribution in [-0.4, -0.2) is 20.6 Å². The molecule has 1 heterocycles. The zero-order valence-corrected chi connectivity index (χ0v) is 15.8. The first-order chi connectivity index (χ1) is 13.9. The molecule has 0 bridgehead atoms. The predicted molar refractivity (Wildman–Crippen MR) is 106 cm³/mol. The van der Waals surface area contributed by atoms with Gasteiger partial charge in [0.25, 0.3) is 11.6 Å². The molecule has 1 aliphatic rings. The van der Waals surface area contributed by atoms with Crippen molar-refractivity contribution < 1.29 is 14.1 Å². The number of aromatic nitrogens is 2. The standard InChI is InChI=1S/C21H19FN4O3/c1-13-6-9-16(26(28)29)12-18(13)23-21(27)20-17-4-2-3-5-19(17)25(24-20)15-10-7-14(22)8-11-15/h6-12H,2-5H2,1H3,(H,23,27). The number of benzene rings is 2. The van der Waals surface area contributed by atoms with E-state index in [0.717, 1.165) is 42.5 Å². The number of nitrogens with zero attached hydrogens (tertiary/aromatic N) is 3. The highest BCUT2D eigenvalue weighted by Gasteiger charge is 2.26. The summed E-state index contributed by atoms with van der Waals surface area (Å²) >= 11 is 0. The van der Waals surface area contributed by atoms with E-state index < -0.39 is 10.8 Å². The molecule has 1 N–H and O–H groups in total. The molecule has 3 aromatic rings. The summed E-state index contributed by atoms with van der Waals surface area (Å²) in [5, 5.41) is 18.3. The Balaban J connectivity index is 1.72. The number of carbonyl (C=O) groups is 1. The van der Waals surface area contributed by atoms with Crippen LogP contribution in [0.25, 0.3) is 5.69 Å². The number of anilines is 1. The molecule has 4 rings (SSSR count). The molecular weight excluding hydrogens is 375 g/mol. The normalized spacial score (nSPS) is 13.0. The van der Waals surface area contributed by atoms with Crippen LogP contribution in [-0.2, 0) is 12.8 Å². The van der Waals surface area contributed by atoms with Crippen LogP contribution in [0.2, 0.25) is 0 Å². The van der Waals surface area contributed by atoms with Gasteiger partial charge in [-0.25, -0.2) is 9.07 Å². The number of rotatable bonds is 4. The second kappa shape index (κ2) is 7.46. The first kappa shape index (κ1) is 18.8. The number of nitrogens with one attached hydrogen (secondary N) is 1. The van der Waals surface area contributed by atoms with Gasteiger partial charge in [0.2, 0.25) is 0 Å². The molecule has 1 aromatic heterocycles. The quantitative estimate of drug-likeness (QED) is 0.526. The summed E-state index contributed by atoms with van der Waals surface area (Å²) < 4.78 is 15.0. The van der Waals surface area contributed by atoms with E-state index in [1.165, 1.54) is 24.3 Å². The van der Waals surface area contributed by atoms with Crippen LogP contribution < -0.4 is 5.32 Å². The monoisotopic (exact) mass is 394 g/mol. The van der Waals surface area contributed by atoms with Crippen molar-refractivity contribution in [2.45, 2.75) is 32.6 Å². The fourth-order valence-electron chi connectivity index (χ4n) is 3.62. The van der Waals surface area contributed by atoms with Crippen molar-refractivity contribution in [1.29, 1.82) is 0 Å². The van der Waals surface area contributed by atoms with E-state index in [0.29, 0.717) is 17.1 Å². The summed E-state index contributed by atoms with van der Waals surface area (Å²) in [5.41, 5.74) is 3.82. The van der Waals surface area contributed by atoms with Gasteiger partial charge in [0.1, 0.15) is 5.82 Å². The van der Waals surface area contributed by atoms with E-state index >= 15 is 0 Å². The Morgan fingerprint density at radius 3 is 2.62 bits per heavy atom. The Bertz CT molecular complexity index is 1110. The molecule has 7 nitrogen and oxygen atoms in total. The number of amides is 1. The number of hydrogen-bond acceptors (Lipinski definition) is 4. The summed E-state index contributed by atoms with van der Waals surface area (Å²) in [6, 6.07) is 10.3. The Labute approximate surface area is 166 Å². The molecule has 2 aromatic carbocycles. The van der Waals surface area contributed by atoms with Gasteiger partial charge in [-0.1, -0.05) is 6.07 Å². The summed E-state index contributed by atoms with van der Waals surface area (Å²) in [6.45, 7) is 1.77. The van der Waals surface area contributed by atoms with Crippen LogP contribution in [0.4, 0.5) is 15.8 Å². The van der Waals surface area contributed by atoms with E-state index in [9.17, 15) is 19.3 Å². The molecule has 1 amide bonds. The number of fused-ring (bicyclic) bond motifs is 1. The molecule has 0 saturated carbocycles. The minimum Gasteiger partial charge on any atom is -0.320 e.